The third-order valence-electron chi connectivity index (χ3n) is 4.79. The summed E-state index contributed by atoms with van der Waals surface area (Å²) in [4.78, 5) is 21.5. The van der Waals surface area contributed by atoms with Crippen molar-refractivity contribution in [2.24, 2.45) is 5.92 Å². The predicted octanol–water partition coefficient (Wildman–Crippen LogP) is 3.43. The van der Waals surface area contributed by atoms with Crippen LogP contribution in [0.15, 0.2) is 54.9 Å². The van der Waals surface area contributed by atoms with Crippen LogP contribution in [0.4, 0.5) is 0 Å². The molecule has 5 heteroatoms. The van der Waals surface area contributed by atoms with Crippen molar-refractivity contribution in [3.63, 3.8) is 0 Å². The maximum Gasteiger partial charge on any atom is 0.252 e. The van der Waals surface area contributed by atoms with Crippen LogP contribution in [0.5, 0.6) is 0 Å². The number of para-hydroxylation sites is 1. The van der Waals surface area contributed by atoms with Crippen molar-refractivity contribution in [3.8, 4) is 11.3 Å². The molecule has 5 nitrogen and oxygen atoms in total. The van der Waals surface area contributed by atoms with Crippen molar-refractivity contribution in [2.45, 2.75) is 26.4 Å². The molecular formula is C21H23N3O2. The van der Waals surface area contributed by atoms with Crippen molar-refractivity contribution in [2.75, 3.05) is 6.54 Å². The van der Waals surface area contributed by atoms with E-state index < -0.39 is 5.60 Å². The van der Waals surface area contributed by atoms with Gasteiger partial charge in [-0.1, -0.05) is 32.0 Å². The molecule has 2 heterocycles. The molecule has 26 heavy (non-hydrogen) atoms. The minimum Gasteiger partial charge on any atom is -0.388 e. The Bertz CT molecular complexity index is 921. The Morgan fingerprint density at radius 1 is 1.19 bits per heavy atom. The molecule has 1 atom stereocenters. The number of rotatable bonds is 5. The number of pyridine rings is 2. The highest BCUT2D eigenvalue weighted by Crippen LogP contribution is 2.25. The monoisotopic (exact) mass is 349 g/mol. The summed E-state index contributed by atoms with van der Waals surface area (Å²) in [6.07, 6.45) is 3.40. The molecule has 0 bridgehead atoms. The van der Waals surface area contributed by atoms with Crippen molar-refractivity contribution >= 4 is 16.8 Å². The van der Waals surface area contributed by atoms with Crippen molar-refractivity contribution in [3.05, 3.63) is 60.4 Å². The molecular weight excluding hydrogens is 326 g/mol. The standard InChI is InChI=1S/C21H23N3O2/c1-14(2)21(3,26)13-23-20(25)17-12-19(15-8-10-22-11-9-15)24-18-7-5-4-6-16(17)18/h4-12,14,26H,13H2,1-3H3,(H,23,25). The van der Waals surface area contributed by atoms with Gasteiger partial charge in [0.1, 0.15) is 0 Å². The minimum absolute atomic E-state index is 0.0318. The Kier molecular flexibility index (Phi) is 5.00. The highest BCUT2D eigenvalue weighted by molar-refractivity contribution is 6.07. The van der Waals surface area contributed by atoms with Crippen LogP contribution in [0.2, 0.25) is 0 Å². The van der Waals surface area contributed by atoms with Crippen LogP contribution in [-0.2, 0) is 0 Å². The fraction of sp³-hybridized carbons (Fsp3) is 0.286. The Hall–Kier alpha value is -2.79. The molecule has 0 saturated heterocycles. The van der Waals surface area contributed by atoms with Gasteiger partial charge in [-0.25, -0.2) is 4.98 Å². The maximum absolute atomic E-state index is 12.8. The number of benzene rings is 1. The van der Waals surface area contributed by atoms with E-state index in [4.69, 9.17) is 0 Å². The number of fused-ring (bicyclic) bond motifs is 1. The first-order valence-corrected chi connectivity index (χ1v) is 8.69. The number of carbonyl (C=O) groups is 1. The zero-order valence-electron chi connectivity index (χ0n) is 15.2. The molecule has 0 aliphatic rings. The molecule has 1 aromatic carbocycles. The van der Waals surface area contributed by atoms with Crippen molar-refractivity contribution in [1.82, 2.24) is 15.3 Å². The van der Waals surface area contributed by atoms with Gasteiger partial charge in [0.2, 0.25) is 0 Å². The zero-order valence-corrected chi connectivity index (χ0v) is 15.2. The fourth-order valence-electron chi connectivity index (χ4n) is 2.59. The maximum atomic E-state index is 12.8. The zero-order chi connectivity index (χ0) is 18.7. The van der Waals surface area contributed by atoms with Gasteiger partial charge in [0.15, 0.2) is 0 Å². The molecule has 0 fully saturated rings. The van der Waals surface area contributed by atoms with Gasteiger partial charge in [-0.3, -0.25) is 9.78 Å². The fourth-order valence-corrected chi connectivity index (χ4v) is 2.59. The Labute approximate surface area is 153 Å². The quantitative estimate of drug-likeness (QED) is 0.740. The summed E-state index contributed by atoms with van der Waals surface area (Å²) >= 11 is 0. The van der Waals surface area contributed by atoms with Crippen LogP contribution in [0, 0.1) is 5.92 Å². The van der Waals surface area contributed by atoms with Gasteiger partial charge in [-0.05, 0) is 37.1 Å². The number of hydrogen-bond donors (Lipinski definition) is 2. The number of amides is 1. The van der Waals surface area contributed by atoms with E-state index in [1.165, 1.54) is 0 Å². The summed E-state index contributed by atoms with van der Waals surface area (Å²) < 4.78 is 0. The van der Waals surface area contributed by atoms with Crippen LogP contribution < -0.4 is 5.32 Å². The number of nitrogens with one attached hydrogen (secondary N) is 1. The molecule has 3 rings (SSSR count). The minimum atomic E-state index is -0.966. The highest BCUT2D eigenvalue weighted by atomic mass is 16.3. The number of hydrogen-bond acceptors (Lipinski definition) is 4. The molecule has 2 aromatic heterocycles. The van der Waals surface area contributed by atoms with E-state index in [-0.39, 0.29) is 18.4 Å². The van der Waals surface area contributed by atoms with E-state index in [1.54, 1.807) is 25.4 Å². The smallest absolute Gasteiger partial charge is 0.252 e. The Morgan fingerprint density at radius 2 is 1.88 bits per heavy atom. The molecule has 3 aromatic rings. The number of nitrogens with zero attached hydrogens (tertiary/aromatic N) is 2. The van der Waals surface area contributed by atoms with E-state index in [2.05, 4.69) is 15.3 Å². The van der Waals surface area contributed by atoms with Gasteiger partial charge in [-0.15, -0.1) is 0 Å². The molecule has 2 N–H and O–H groups in total. The van der Waals surface area contributed by atoms with Crippen LogP contribution in [0.3, 0.4) is 0 Å². The first-order valence-electron chi connectivity index (χ1n) is 8.69. The Balaban J connectivity index is 2.00. The summed E-state index contributed by atoms with van der Waals surface area (Å²) in [5.41, 5.74) is 1.94. The van der Waals surface area contributed by atoms with E-state index in [9.17, 15) is 9.90 Å². The first kappa shape index (κ1) is 18.0. The second-order valence-corrected chi connectivity index (χ2v) is 7.00. The van der Waals surface area contributed by atoms with Gasteiger partial charge < -0.3 is 10.4 Å². The summed E-state index contributed by atoms with van der Waals surface area (Å²) in [5, 5.41) is 14.0. The van der Waals surface area contributed by atoms with Gasteiger partial charge >= 0.3 is 0 Å². The number of aliphatic hydroxyl groups is 1. The van der Waals surface area contributed by atoms with Crippen molar-refractivity contribution in [1.29, 1.82) is 0 Å². The molecule has 0 saturated carbocycles. The van der Waals surface area contributed by atoms with E-state index in [0.29, 0.717) is 11.3 Å². The van der Waals surface area contributed by atoms with Crippen molar-refractivity contribution < 1.29 is 9.90 Å². The lowest BCUT2D eigenvalue weighted by atomic mass is 9.92. The second kappa shape index (κ2) is 7.22. The van der Waals surface area contributed by atoms with Gasteiger partial charge in [0, 0.05) is 29.9 Å². The number of aromatic nitrogens is 2. The molecule has 0 spiro atoms. The van der Waals surface area contributed by atoms with E-state index >= 15 is 0 Å². The number of carbonyl (C=O) groups excluding carboxylic acids is 1. The lowest BCUT2D eigenvalue weighted by Crippen LogP contribution is -2.44. The average Bonchev–Trinajstić information content (AvgIpc) is 2.66. The van der Waals surface area contributed by atoms with Crippen LogP contribution in [0.1, 0.15) is 31.1 Å². The molecule has 0 aliphatic carbocycles. The topological polar surface area (TPSA) is 75.1 Å². The summed E-state index contributed by atoms with van der Waals surface area (Å²) in [5.74, 6) is -0.191. The lowest BCUT2D eigenvalue weighted by Gasteiger charge is -2.27. The SMILES string of the molecule is CC(C)C(C)(O)CNC(=O)c1cc(-c2ccncc2)nc2ccccc12. The third kappa shape index (κ3) is 3.73. The predicted molar refractivity (Wildman–Crippen MR) is 103 cm³/mol. The normalized spacial score (nSPS) is 13.6. The highest BCUT2D eigenvalue weighted by Gasteiger charge is 2.26. The molecule has 0 radical (unpaired) electrons. The molecule has 0 aliphatic heterocycles. The lowest BCUT2D eigenvalue weighted by molar-refractivity contribution is 0.0142. The first-order chi connectivity index (χ1) is 12.4. The molecule has 1 unspecified atom stereocenters. The molecule has 1 amide bonds. The summed E-state index contributed by atoms with van der Waals surface area (Å²) in [6.45, 7) is 5.76. The molecule has 134 valence electrons. The van der Waals surface area contributed by atoms with Gasteiger partial charge in [0.05, 0.1) is 22.4 Å². The van der Waals surface area contributed by atoms with Crippen LogP contribution >= 0.6 is 0 Å². The third-order valence-corrected chi connectivity index (χ3v) is 4.79. The van der Waals surface area contributed by atoms with Gasteiger partial charge in [0.25, 0.3) is 5.91 Å². The summed E-state index contributed by atoms with van der Waals surface area (Å²) in [6, 6.07) is 13.1. The van der Waals surface area contributed by atoms with Crippen LogP contribution in [-0.4, -0.2) is 33.1 Å². The largest absolute Gasteiger partial charge is 0.388 e. The second-order valence-electron chi connectivity index (χ2n) is 7.00. The van der Waals surface area contributed by atoms with Gasteiger partial charge in [-0.2, -0.15) is 0 Å². The summed E-state index contributed by atoms with van der Waals surface area (Å²) in [7, 11) is 0. The Morgan fingerprint density at radius 3 is 2.58 bits per heavy atom. The van der Waals surface area contributed by atoms with E-state index in [1.807, 2.05) is 50.2 Å². The van der Waals surface area contributed by atoms with E-state index in [0.717, 1.165) is 16.5 Å². The van der Waals surface area contributed by atoms with Crippen LogP contribution in [0.25, 0.3) is 22.2 Å². The average molecular weight is 349 g/mol.